The summed E-state index contributed by atoms with van der Waals surface area (Å²) in [6, 6.07) is 24.1. The molecule has 0 bridgehead atoms. The topological polar surface area (TPSA) is 67.2 Å². The van der Waals surface area contributed by atoms with Crippen molar-refractivity contribution in [1.29, 1.82) is 0 Å². The molecule has 0 spiro atoms. The molecule has 138 valence electrons. The number of phenols is 1. The van der Waals surface area contributed by atoms with Crippen molar-refractivity contribution < 1.29 is 9.90 Å². The third kappa shape index (κ3) is 3.50. The van der Waals surface area contributed by atoms with Gasteiger partial charge in [0.1, 0.15) is 11.4 Å². The number of carbonyl (C=O) groups excluding carboxylic acids is 1. The smallest absolute Gasteiger partial charge is 0.259 e. The molecule has 3 aromatic carbocycles. The van der Waals surface area contributed by atoms with E-state index in [-0.39, 0.29) is 11.7 Å². The highest BCUT2D eigenvalue weighted by atomic mass is 16.3. The maximum atomic E-state index is 13.0. The third-order valence-corrected chi connectivity index (χ3v) is 4.46. The monoisotopic (exact) mass is 369 g/mol. The van der Waals surface area contributed by atoms with E-state index in [4.69, 9.17) is 0 Å². The van der Waals surface area contributed by atoms with Crippen molar-refractivity contribution in [2.24, 2.45) is 0 Å². The number of aromatic hydroxyl groups is 1. The number of phenolic OH excluding ortho intramolecular Hbond substituents is 1. The maximum Gasteiger partial charge on any atom is 0.259 e. The van der Waals surface area contributed by atoms with E-state index in [2.05, 4.69) is 10.4 Å². The summed E-state index contributed by atoms with van der Waals surface area (Å²) in [7, 11) is 0. The second kappa shape index (κ2) is 7.40. The highest BCUT2D eigenvalue weighted by molar-refractivity contribution is 6.08. The van der Waals surface area contributed by atoms with Crippen LogP contribution in [0.5, 0.6) is 5.75 Å². The number of anilines is 1. The first-order chi connectivity index (χ1) is 13.6. The zero-order valence-corrected chi connectivity index (χ0v) is 15.3. The maximum absolute atomic E-state index is 13.0. The molecular formula is C23H19N3O2. The first-order valence-corrected chi connectivity index (χ1v) is 8.93. The van der Waals surface area contributed by atoms with Crippen LogP contribution in [0.4, 0.5) is 5.69 Å². The lowest BCUT2D eigenvalue weighted by Crippen LogP contribution is -2.12. The summed E-state index contributed by atoms with van der Waals surface area (Å²) >= 11 is 0. The molecule has 2 N–H and O–H groups in total. The Morgan fingerprint density at radius 1 is 0.929 bits per heavy atom. The van der Waals surface area contributed by atoms with Gasteiger partial charge in [-0.1, -0.05) is 60.2 Å². The lowest BCUT2D eigenvalue weighted by Gasteiger charge is -2.07. The first kappa shape index (κ1) is 17.5. The summed E-state index contributed by atoms with van der Waals surface area (Å²) < 4.78 is 1.70. The molecule has 5 nitrogen and oxygen atoms in total. The Balaban J connectivity index is 1.77. The number of amides is 1. The van der Waals surface area contributed by atoms with Crippen molar-refractivity contribution in [3.63, 3.8) is 0 Å². The number of benzene rings is 3. The second-order valence-corrected chi connectivity index (χ2v) is 6.51. The fourth-order valence-corrected chi connectivity index (χ4v) is 2.95. The minimum atomic E-state index is -0.335. The van der Waals surface area contributed by atoms with E-state index >= 15 is 0 Å². The summed E-state index contributed by atoms with van der Waals surface area (Å²) in [5.74, 6) is -0.318. The molecule has 0 saturated carbocycles. The number of rotatable bonds is 4. The number of para-hydroxylation sites is 2. The van der Waals surface area contributed by atoms with Crippen LogP contribution in [0.1, 0.15) is 15.9 Å². The molecule has 0 unspecified atom stereocenters. The second-order valence-electron chi connectivity index (χ2n) is 6.51. The summed E-state index contributed by atoms with van der Waals surface area (Å²) in [6.07, 6.45) is 1.71. The number of nitrogens with one attached hydrogen (secondary N) is 1. The molecule has 4 rings (SSSR count). The lowest BCUT2D eigenvalue weighted by atomic mass is 10.1. The Morgan fingerprint density at radius 2 is 1.61 bits per heavy atom. The third-order valence-electron chi connectivity index (χ3n) is 4.46. The molecule has 0 atom stereocenters. The van der Waals surface area contributed by atoms with Crippen molar-refractivity contribution in [2.75, 3.05) is 5.32 Å². The summed E-state index contributed by atoms with van der Waals surface area (Å²) in [6.45, 7) is 2.02. The number of aromatic nitrogens is 2. The van der Waals surface area contributed by atoms with Crippen molar-refractivity contribution >= 4 is 11.6 Å². The van der Waals surface area contributed by atoms with E-state index in [9.17, 15) is 9.90 Å². The molecule has 0 aliphatic rings. The fourth-order valence-electron chi connectivity index (χ4n) is 2.95. The molecule has 0 saturated heterocycles. The van der Waals surface area contributed by atoms with Crippen molar-refractivity contribution in [3.05, 3.63) is 96.2 Å². The largest absolute Gasteiger partial charge is 0.506 e. The van der Waals surface area contributed by atoms with Crippen molar-refractivity contribution in [3.8, 4) is 22.7 Å². The standard InChI is InChI=1S/C23H19N3O2/c1-16-11-13-18(14-12-16)26-15-19(22(25-26)17-7-3-2-4-8-17)23(28)24-20-9-5-6-10-21(20)27/h2-15,27H,1H3,(H,24,28). The van der Waals surface area contributed by atoms with Crippen LogP contribution >= 0.6 is 0 Å². The van der Waals surface area contributed by atoms with Gasteiger partial charge in [0.25, 0.3) is 5.91 Å². The molecule has 1 aromatic heterocycles. The quantitative estimate of drug-likeness (QED) is 0.508. The average Bonchev–Trinajstić information content (AvgIpc) is 3.16. The van der Waals surface area contributed by atoms with Gasteiger partial charge in [0.2, 0.25) is 0 Å². The number of hydrogen-bond acceptors (Lipinski definition) is 3. The molecular weight excluding hydrogens is 350 g/mol. The molecule has 5 heteroatoms. The van der Waals surface area contributed by atoms with E-state index in [0.29, 0.717) is 16.9 Å². The Hall–Kier alpha value is -3.86. The van der Waals surface area contributed by atoms with E-state index in [1.165, 1.54) is 6.07 Å². The van der Waals surface area contributed by atoms with Gasteiger partial charge in [-0.2, -0.15) is 5.10 Å². The number of nitrogens with zero attached hydrogens (tertiary/aromatic N) is 2. The van der Waals surface area contributed by atoms with Gasteiger partial charge in [0, 0.05) is 11.8 Å². The predicted octanol–water partition coefficient (Wildman–Crippen LogP) is 4.81. The minimum Gasteiger partial charge on any atom is -0.506 e. The minimum absolute atomic E-state index is 0.0167. The van der Waals surface area contributed by atoms with Gasteiger partial charge < -0.3 is 10.4 Å². The van der Waals surface area contributed by atoms with Crippen LogP contribution in [-0.2, 0) is 0 Å². The molecule has 1 heterocycles. The van der Waals surface area contributed by atoms with Crippen LogP contribution in [0, 0.1) is 6.92 Å². The van der Waals surface area contributed by atoms with Crippen LogP contribution < -0.4 is 5.32 Å². The van der Waals surface area contributed by atoms with Crippen LogP contribution in [-0.4, -0.2) is 20.8 Å². The van der Waals surface area contributed by atoms with Crippen LogP contribution in [0.15, 0.2) is 85.1 Å². The van der Waals surface area contributed by atoms with Gasteiger partial charge in [-0.15, -0.1) is 0 Å². The van der Waals surface area contributed by atoms with Gasteiger partial charge in [-0.25, -0.2) is 4.68 Å². The number of hydrogen-bond donors (Lipinski definition) is 2. The summed E-state index contributed by atoms with van der Waals surface area (Å²) in [4.78, 5) is 13.0. The highest BCUT2D eigenvalue weighted by Gasteiger charge is 2.19. The van der Waals surface area contributed by atoms with Crippen LogP contribution in [0.25, 0.3) is 16.9 Å². The van der Waals surface area contributed by atoms with Gasteiger partial charge in [-0.05, 0) is 31.2 Å². The molecule has 0 aliphatic heterocycles. The Labute approximate surface area is 162 Å². The molecule has 28 heavy (non-hydrogen) atoms. The highest BCUT2D eigenvalue weighted by Crippen LogP contribution is 2.27. The predicted molar refractivity (Wildman–Crippen MR) is 110 cm³/mol. The zero-order chi connectivity index (χ0) is 19.5. The Morgan fingerprint density at radius 3 is 2.32 bits per heavy atom. The van der Waals surface area contributed by atoms with Crippen LogP contribution in [0.3, 0.4) is 0 Å². The van der Waals surface area contributed by atoms with Gasteiger partial charge >= 0.3 is 0 Å². The molecule has 4 aromatic rings. The van der Waals surface area contributed by atoms with E-state index < -0.39 is 0 Å². The van der Waals surface area contributed by atoms with E-state index in [1.54, 1.807) is 29.1 Å². The van der Waals surface area contributed by atoms with E-state index in [0.717, 1.165) is 16.8 Å². The average molecular weight is 369 g/mol. The Kier molecular flexibility index (Phi) is 4.64. The van der Waals surface area contributed by atoms with Gasteiger partial charge in [0.05, 0.1) is 16.9 Å². The van der Waals surface area contributed by atoms with Gasteiger partial charge in [-0.3, -0.25) is 4.79 Å². The number of aryl methyl sites for hydroxylation is 1. The number of carbonyl (C=O) groups is 1. The summed E-state index contributed by atoms with van der Waals surface area (Å²) in [5.41, 5.74) is 4.22. The summed E-state index contributed by atoms with van der Waals surface area (Å²) in [5, 5.41) is 17.4. The lowest BCUT2D eigenvalue weighted by molar-refractivity contribution is 0.102. The molecule has 0 aliphatic carbocycles. The molecule has 0 radical (unpaired) electrons. The first-order valence-electron chi connectivity index (χ1n) is 8.93. The SMILES string of the molecule is Cc1ccc(-n2cc(C(=O)Nc3ccccc3O)c(-c3ccccc3)n2)cc1. The van der Waals surface area contributed by atoms with Crippen molar-refractivity contribution in [1.82, 2.24) is 9.78 Å². The fraction of sp³-hybridized carbons (Fsp3) is 0.0435. The van der Waals surface area contributed by atoms with E-state index in [1.807, 2.05) is 61.5 Å². The van der Waals surface area contributed by atoms with Crippen molar-refractivity contribution in [2.45, 2.75) is 6.92 Å². The Bertz CT molecular complexity index is 1120. The molecule has 1 amide bonds. The van der Waals surface area contributed by atoms with Gasteiger partial charge in [0.15, 0.2) is 0 Å². The molecule has 0 fully saturated rings. The van der Waals surface area contributed by atoms with Crippen LogP contribution in [0.2, 0.25) is 0 Å². The zero-order valence-electron chi connectivity index (χ0n) is 15.3. The normalized spacial score (nSPS) is 10.6.